The summed E-state index contributed by atoms with van der Waals surface area (Å²) in [5.74, 6) is 1.81. The summed E-state index contributed by atoms with van der Waals surface area (Å²) in [4.78, 5) is 0. The Balaban J connectivity index is 2.90. The van der Waals surface area contributed by atoms with E-state index in [2.05, 4.69) is 19.0 Å². The maximum Gasteiger partial charge on any atom is 0.173 e. The number of rotatable bonds is 6. The molecule has 1 rings (SSSR count). The zero-order valence-corrected chi connectivity index (χ0v) is 11.0. The maximum atomic E-state index is 8.73. The topological polar surface area (TPSA) is 77.1 Å². The van der Waals surface area contributed by atoms with Gasteiger partial charge in [0.05, 0.1) is 19.3 Å². The van der Waals surface area contributed by atoms with Crippen LogP contribution in [0.2, 0.25) is 0 Å². The lowest BCUT2D eigenvalue weighted by Gasteiger charge is -2.13. The molecule has 0 radical (unpaired) electrons. The van der Waals surface area contributed by atoms with Crippen molar-refractivity contribution in [2.45, 2.75) is 20.3 Å². The molecule has 3 N–H and O–H groups in total. The van der Waals surface area contributed by atoms with Gasteiger partial charge in [-0.15, -0.1) is 0 Å². The minimum atomic E-state index is 0.0252. The van der Waals surface area contributed by atoms with Gasteiger partial charge in [-0.25, -0.2) is 0 Å². The fourth-order valence-electron chi connectivity index (χ4n) is 1.42. The first-order valence-corrected chi connectivity index (χ1v) is 5.87. The summed E-state index contributed by atoms with van der Waals surface area (Å²) in [6, 6.07) is 5.18. The van der Waals surface area contributed by atoms with Crippen molar-refractivity contribution < 1.29 is 14.7 Å². The highest BCUT2D eigenvalue weighted by Crippen LogP contribution is 2.25. The Kier molecular flexibility index (Phi) is 5.30. The third-order valence-electron chi connectivity index (χ3n) is 2.53. The van der Waals surface area contributed by atoms with Crippen molar-refractivity contribution in [1.82, 2.24) is 0 Å². The van der Waals surface area contributed by atoms with Gasteiger partial charge in [0.1, 0.15) is 11.5 Å². The molecule has 0 fully saturated rings. The first-order valence-electron chi connectivity index (χ1n) is 5.87. The molecule has 0 aromatic heterocycles. The van der Waals surface area contributed by atoms with Gasteiger partial charge in [-0.3, -0.25) is 0 Å². The first-order chi connectivity index (χ1) is 8.58. The van der Waals surface area contributed by atoms with E-state index in [1.807, 2.05) is 0 Å². The highest BCUT2D eigenvalue weighted by atomic mass is 16.5. The average Bonchev–Trinajstić information content (AvgIpc) is 2.37. The van der Waals surface area contributed by atoms with Crippen molar-refractivity contribution in [2.24, 2.45) is 16.8 Å². The maximum absolute atomic E-state index is 8.73. The molecule has 100 valence electrons. The molecule has 0 saturated carbocycles. The molecular weight excluding hydrogens is 232 g/mol. The molecule has 0 atom stereocenters. The Morgan fingerprint density at radius 3 is 2.72 bits per heavy atom. The number of ether oxygens (including phenoxy) is 2. The molecule has 0 unspecified atom stereocenters. The third-order valence-corrected chi connectivity index (χ3v) is 2.53. The largest absolute Gasteiger partial charge is 0.497 e. The van der Waals surface area contributed by atoms with Gasteiger partial charge in [0.2, 0.25) is 0 Å². The molecule has 0 heterocycles. The Labute approximate surface area is 107 Å². The predicted molar refractivity (Wildman–Crippen MR) is 70.5 cm³/mol. The number of oxime groups is 1. The van der Waals surface area contributed by atoms with Gasteiger partial charge in [0, 0.05) is 6.07 Å². The van der Waals surface area contributed by atoms with E-state index in [0.29, 0.717) is 29.6 Å². The smallest absolute Gasteiger partial charge is 0.173 e. The van der Waals surface area contributed by atoms with Gasteiger partial charge < -0.3 is 20.4 Å². The second-order valence-corrected chi connectivity index (χ2v) is 4.38. The summed E-state index contributed by atoms with van der Waals surface area (Å²) < 4.78 is 10.8. The zero-order chi connectivity index (χ0) is 13.5. The van der Waals surface area contributed by atoms with E-state index in [-0.39, 0.29) is 5.84 Å². The number of methoxy groups -OCH3 is 1. The standard InChI is InChI=1S/C13H20N2O3/c1-9(2)6-7-18-12-8-10(17-3)4-5-11(12)13(14)15-16/h4-5,8-9,16H,6-7H2,1-3H3,(H2,14,15). The van der Waals surface area contributed by atoms with Gasteiger partial charge in [-0.1, -0.05) is 19.0 Å². The van der Waals surface area contributed by atoms with E-state index < -0.39 is 0 Å². The number of benzene rings is 1. The predicted octanol–water partition coefficient (Wildman–Crippen LogP) is 2.21. The van der Waals surface area contributed by atoms with Crippen LogP contribution in [0.5, 0.6) is 11.5 Å². The molecule has 18 heavy (non-hydrogen) atoms. The second-order valence-electron chi connectivity index (χ2n) is 4.38. The molecule has 0 aliphatic heterocycles. The van der Waals surface area contributed by atoms with Crippen LogP contribution < -0.4 is 15.2 Å². The van der Waals surface area contributed by atoms with E-state index >= 15 is 0 Å². The third kappa shape index (κ3) is 3.84. The molecule has 1 aromatic carbocycles. The van der Waals surface area contributed by atoms with Gasteiger partial charge in [0.25, 0.3) is 0 Å². The lowest BCUT2D eigenvalue weighted by molar-refractivity contribution is 0.286. The number of hydrogen-bond donors (Lipinski definition) is 2. The molecule has 0 saturated heterocycles. The van der Waals surface area contributed by atoms with E-state index in [0.717, 1.165) is 6.42 Å². The van der Waals surface area contributed by atoms with Crippen molar-refractivity contribution in [3.05, 3.63) is 23.8 Å². The Morgan fingerprint density at radius 1 is 1.44 bits per heavy atom. The summed E-state index contributed by atoms with van der Waals surface area (Å²) in [6.45, 7) is 4.83. The van der Waals surface area contributed by atoms with Crippen LogP contribution in [0.15, 0.2) is 23.4 Å². The molecular formula is C13H20N2O3. The molecule has 0 amide bonds. The normalized spacial score (nSPS) is 11.7. The van der Waals surface area contributed by atoms with Crippen molar-refractivity contribution >= 4 is 5.84 Å². The summed E-state index contributed by atoms with van der Waals surface area (Å²) >= 11 is 0. The van der Waals surface area contributed by atoms with Crippen LogP contribution in [-0.4, -0.2) is 24.8 Å². The van der Waals surface area contributed by atoms with Gasteiger partial charge in [-0.2, -0.15) is 0 Å². The number of amidine groups is 1. The van der Waals surface area contributed by atoms with E-state index in [1.165, 1.54) is 0 Å². The van der Waals surface area contributed by atoms with Crippen molar-refractivity contribution in [2.75, 3.05) is 13.7 Å². The lowest BCUT2D eigenvalue weighted by Crippen LogP contribution is -2.15. The summed E-state index contributed by atoms with van der Waals surface area (Å²) in [5, 5.41) is 11.7. The van der Waals surface area contributed by atoms with Crippen LogP contribution in [0, 0.1) is 5.92 Å². The molecule has 0 bridgehead atoms. The second kappa shape index (κ2) is 6.74. The number of hydrogen-bond acceptors (Lipinski definition) is 4. The highest BCUT2D eigenvalue weighted by Gasteiger charge is 2.10. The molecule has 1 aromatic rings. The first kappa shape index (κ1) is 14.2. The molecule has 5 nitrogen and oxygen atoms in total. The number of nitrogens with zero attached hydrogens (tertiary/aromatic N) is 1. The highest BCUT2D eigenvalue weighted by molar-refractivity contribution is 5.99. The van der Waals surface area contributed by atoms with Crippen molar-refractivity contribution in [3.63, 3.8) is 0 Å². The fourth-order valence-corrected chi connectivity index (χ4v) is 1.42. The molecule has 0 spiro atoms. The van der Waals surface area contributed by atoms with Crippen LogP contribution in [-0.2, 0) is 0 Å². The molecule has 0 aliphatic rings. The molecule has 0 aliphatic carbocycles. The summed E-state index contributed by atoms with van der Waals surface area (Å²) in [6.07, 6.45) is 0.937. The Bertz CT molecular complexity index is 417. The average molecular weight is 252 g/mol. The van der Waals surface area contributed by atoms with Gasteiger partial charge in [0.15, 0.2) is 5.84 Å². The van der Waals surface area contributed by atoms with Crippen LogP contribution >= 0.6 is 0 Å². The minimum Gasteiger partial charge on any atom is -0.497 e. The molecule has 5 heteroatoms. The fraction of sp³-hybridized carbons (Fsp3) is 0.462. The summed E-state index contributed by atoms with van der Waals surface area (Å²) in [7, 11) is 1.58. The Hall–Kier alpha value is -1.91. The minimum absolute atomic E-state index is 0.0252. The van der Waals surface area contributed by atoms with E-state index in [9.17, 15) is 0 Å². The monoisotopic (exact) mass is 252 g/mol. The summed E-state index contributed by atoms with van der Waals surface area (Å²) in [5.41, 5.74) is 6.15. The van der Waals surface area contributed by atoms with Gasteiger partial charge >= 0.3 is 0 Å². The van der Waals surface area contributed by atoms with E-state index in [4.69, 9.17) is 20.4 Å². The SMILES string of the molecule is COc1ccc(/C(N)=N/O)c(OCCC(C)C)c1. The van der Waals surface area contributed by atoms with Crippen LogP contribution in [0.4, 0.5) is 0 Å². The quantitative estimate of drug-likeness (QED) is 0.352. The van der Waals surface area contributed by atoms with Crippen molar-refractivity contribution in [1.29, 1.82) is 0 Å². The van der Waals surface area contributed by atoms with Crippen LogP contribution in [0.25, 0.3) is 0 Å². The van der Waals surface area contributed by atoms with Gasteiger partial charge in [-0.05, 0) is 24.5 Å². The lowest BCUT2D eigenvalue weighted by atomic mass is 10.1. The van der Waals surface area contributed by atoms with Crippen molar-refractivity contribution in [3.8, 4) is 11.5 Å². The van der Waals surface area contributed by atoms with Crippen LogP contribution in [0.1, 0.15) is 25.8 Å². The number of nitrogens with two attached hydrogens (primary N) is 1. The Morgan fingerprint density at radius 2 is 2.17 bits per heavy atom. The zero-order valence-electron chi connectivity index (χ0n) is 11.0. The van der Waals surface area contributed by atoms with Crippen LogP contribution in [0.3, 0.4) is 0 Å². The van der Waals surface area contributed by atoms with E-state index in [1.54, 1.807) is 25.3 Å².